The van der Waals surface area contributed by atoms with Crippen LogP contribution in [0, 0.1) is 0 Å². The minimum atomic E-state index is 0.00148. The number of anilines is 1. The molecular formula is C11H16BrN3O2. The quantitative estimate of drug-likeness (QED) is 0.748. The largest absolute Gasteiger partial charge is 0.383 e. The highest BCUT2D eigenvalue weighted by atomic mass is 79.9. The number of methoxy groups -OCH3 is 1. The Kier molecular flexibility index (Phi) is 6.57. The third-order valence-electron chi connectivity index (χ3n) is 2.03. The van der Waals surface area contributed by atoms with E-state index in [0.29, 0.717) is 26.1 Å². The fourth-order valence-electron chi connectivity index (χ4n) is 1.19. The zero-order valence-corrected chi connectivity index (χ0v) is 11.3. The Balaban J connectivity index is 2.19. The van der Waals surface area contributed by atoms with Crippen molar-refractivity contribution in [3.05, 3.63) is 22.8 Å². The number of rotatable bonds is 7. The van der Waals surface area contributed by atoms with Gasteiger partial charge in [0.1, 0.15) is 5.82 Å². The summed E-state index contributed by atoms with van der Waals surface area (Å²) in [4.78, 5) is 15.5. The fraction of sp³-hybridized carbons (Fsp3) is 0.455. The van der Waals surface area contributed by atoms with Gasteiger partial charge in [-0.2, -0.15) is 0 Å². The number of aromatic nitrogens is 1. The molecule has 94 valence electrons. The van der Waals surface area contributed by atoms with Crippen LogP contribution in [0.4, 0.5) is 5.82 Å². The number of carbonyl (C=O) groups is 1. The van der Waals surface area contributed by atoms with E-state index < -0.39 is 0 Å². The van der Waals surface area contributed by atoms with Gasteiger partial charge in [0.15, 0.2) is 0 Å². The number of nitrogens with zero attached hydrogens (tertiary/aromatic N) is 1. The molecule has 0 unspecified atom stereocenters. The monoisotopic (exact) mass is 301 g/mol. The minimum absolute atomic E-state index is 0.00148. The third kappa shape index (κ3) is 5.65. The van der Waals surface area contributed by atoms with Gasteiger partial charge < -0.3 is 15.4 Å². The highest BCUT2D eigenvalue weighted by Gasteiger charge is 2.02. The molecule has 17 heavy (non-hydrogen) atoms. The van der Waals surface area contributed by atoms with Crippen LogP contribution in [-0.4, -0.2) is 37.7 Å². The van der Waals surface area contributed by atoms with Crippen molar-refractivity contribution >= 4 is 27.7 Å². The molecular weight excluding hydrogens is 286 g/mol. The summed E-state index contributed by atoms with van der Waals surface area (Å²) in [6, 6.07) is 3.74. The lowest BCUT2D eigenvalue weighted by Crippen LogP contribution is -2.28. The van der Waals surface area contributed by atoms with Crippen LogP contribution in [0.1, 0.15) is 6.42 Å². The molecule has 0 atom stereocenters. The first-order valence-electron chi connectivity index (χ1n) is 5.34. The smallest absolute Gasteiger partial charge is 0.221 e. The summed E-state index contributed by atoms with van der Waals surface area (Å²) in [5, 5.41) is 5.83. The zero-order valence-electron chi connectivity index (χ0n) is 9.70. The average molecular weight is 302 g/mol. The maximum Gasteiger partial charge on any atom is 0.221 e. The van der Waals surface area contributed by atoms with Crippen LogP contribution in [0.25, 0.3) is 0 Å². The van der Waals surface area contributed by atoms with Gasteiger partial charge in [-0.3, -0.25) is 4.79 Å². The number of nitrogens with one attached hydrogen (secondary N) is 2. The number of halogens is 1. The van der Waals surface area contributed by atoms with Crippen molar-refractivity contribution in [1.82, 2.24) is 10.3 Å². The van der Waals surface area contributed by atoms with Crippen molar-refractivity contribution in [3.63, 3.8) is 0 Å². The lowest BCUT2D eigenvalue weighted by Gasteiger charge is -2.07. The molecule has 0 saturated carbocycles. The Bertz CT molecular complexity index is 360. The molecule has 0 saturated heterocycles. The minimum Gasteiger partial charge on any atom is -0.383 e. The van der Waals surface area contributed by atoms with Crippen LogP contribution >= 0.6 is 15.9 Å². The molecule has 0 bridgehead atoms. The molecule has 0 aliphatic carbocycles. The van der Waals surface area contributed by atoms with Crippen molar-refractivity contribution in [2.45, 2.75) is 6.42 Å². The molecule has 0 fully saturated rings. The van der Waals surface area contributed by atoms with E-state index in [0.717, 1.165) is 10.3 Å². The Morgan fingerprint density at radius 3 is 3.06 bits per heavy atom. The molecule has 0 spiro atoms. The van der Waals surface area contributed by atoms with E-state index in [2.05, 4.69) is 31.5 Å². The Hall–Kier alpha value is -1.14. The number of hydrogen-bond acceptors (Lipinski definition) is 4. The predicted octanol–water partition coefficient (Wildman–Crippen LogP) is 1.41. The molecule has 1 aromatic heterocycles. The summed E-state index contributed by atoms with van der Waals surface area (Å²) in [7, 11) is 1.60. The molecule has 0 radical (unpaired) electrons. The van der Waals surface area contributed by atoms with Gasteiger partial charge in [-0.25, -0.2) is 4.98 Å². The maximum atomic E-state index is 11.4. The molecule has 1 amide bonds. The number of carbonyl (C=O) groups excluding carboxylic acids is 1. The third-order valence-corrected chi connectivity index (χ3v) is 2.67. The molecule has 0 aliphatic heterocycles. The highest BCUT2D eigenvalue weighted by molar-refractivity contribution is 9.10. The molecule has 2 N–H and O–H groups in total. The Morgan fingerprint density at radius 2 is 2.35 bits per heavy atom. The topological polar surface area (TPSA) is 63.2 Å². The summed E-state index contributed by atoms with van der Waals surface area (Å²) >= 11 is 3.37. The maximum absolute atomic E-state index is 11.4. The van der Waals surface area contributed by atoms with E-state index in [4.69, 9.17) is 4.74 Å². The number of ether oxygens (including phenoxy) is 1. The van der Waals surface area contributed by atoms with E-state index in [1.54, 1.807) is 13.3 Å². The highest BCUT2D eigenvalue weighted by Crippen LogP contribution is 2.17. The lowest BCUT2D eigenvalue weighted by atomic mass is 10.4. The normalized spacial score (nSPS) is 10.0. The second-order valence-electron chi connectivity index (χ2n) is 3.35. The first-order chi connectivity index (χ1) is 8.24. The van der Waals surface area contributed by atoms with Gasteiger partial charge in [-0.15, -0.1) is 0 Å². The van der Waals surface area contributed by atoms with Gasteiger partial charge >= 0.3 is 0 Å². The standard InChI is InChI=1S/C11H16BrN3O2/c1-17-8-7-13-10(16)4-6-15-11-9(12)3-2-5-14-11/h2-3,5H,4,6-8H2,1H3,(H,13,16)(H,14,15). The van der Waals surface area contributed by atoms with Crippen LogP contribution in [0.5, 0.6) is 0 Å². The Morgan fingerprint density at radius 1 is 1.53 bits per heavy atom. The molecule has 1 aromatic rings. The number of pyridine rings is 1. The van der Waals surface area contributed by atoms with Crippen molar-refractivity contribution < 1.29 is 9.53 Å². The van der Waals surface area contributed by atoms with Crippen LogP contribution < -0.4 is 10.6 Å². The first kappa shape index (κ1) is 13.9. The summed E-state index contributed by atoms with van der Waals surface area (Å²) in [5.41, 5.74) is 0. The van der Waals surface area contributed by atoms with E-state index >= 15 is 0 Å². The van der Waals surface area contributed by atoms with Crippen LogP contribution in [0.3, 0.4) is 0 Å². The molecule has 0 aliphatic rings. The van der Waals surface area contributed by atoms with Gasteiger partial charge in [0.05, 0.1) is 11.1 Å². The Labute approximate surface area is 109 Å². The molecule has 5 nitrogen and oxygen atoms in total. The van der Waals surface area contributed by atoms with Crippen LogP contribution in [-0.2, 0) is 9.53 Å². The van der Waals surface area contributed by atoms with Gasteiger partial charge in [-0.05, 0) is 28.1 Å². The van der Waals surface area contributed by atoms with E-state index in [-0.39, 0.29) is 5.91 Å². The van der Waals surface area contributed by atoms with Gasteiger partial charge in [0, 0.05) is 32.8 Å². The van der Waals surface area contributed by atoms with Gasteiger partial charge in [-0.1, -0.05) is 0 Å². The van der Waals surface area contributed by atoms with E-state index in [1.807, 2.05) is 12.1 Å². The second kappa shape index (κ2) is 8.03. The molecule has 1 rings (SSSR count). The number of hydrogen-bond donors (Lipinski definition) is 2. The average Bonchev–Trinajstić information content (AvgIpc) is 2.32. The van der Waals surface area contributed by atoms with E-state index in [1.165, 1.54) is 0 Å². The summed E-state index contributed by atoms with van der Waals surface area (Å²) in [6.45, 7) is 1.63. The van der Waals surface area contributed by atoms with Crippen molar-refractivity contribution in [1.29, 1.82) is 0 Å². The fourth-order valence-corrected chi connectivity index (χ4v) is 1.59. The predicted molar refractivity (Wildman–Crippen MR) is 69.9 cm³/mol. The van der Waals surface area contributed by atoms with Crippen LogP contribution in [0.15, 0.2) is 22.8 Å². The van der Waals surface area contributed by atoms with Crippen molar-refractivity contribution in [2.24, 2.45) is 0 Å². The van der Waals surface area contributed by atoms with Crippen molar-refractivity contribution in [2.75, 3.05) is 32.1 Å². The van der Waals surface area contributed by atoms with Gasteiger partial charge in [0.2, 0.25) is 5.91 Å². The number of amides is 1. The first-order valence-corrected chi connectivity index (χ1v) is 6.13. The van der Waals surface area contributed by atoms with Crippen LogP contribution in [0.2, 0.25) is 0 Å². The van der Waals surface area contributed by atoms with Gasteiger partial charge in [0.25, 0.3) is 0 Å². The molecule has 6 heteroatoms. The summed E-state index contributed by atoms with van der Waals surface area (Å²) in [5.74, 6) is 0.749. The zero-order chi connectivity index (χ0) is 12.5. The van der Waals surface area contributed by atoms with Crippen molar-refractivity contribution in [3.8, 4) is 0 Å². The van der Waals surface area contributed by atoms with E-state index in [9.17, 15) is 4.79 Å². The molecule has 0 aromatic carbocycles. The second-order valence-corrected chi connectivity index (χ2v) is 4.21. The summed E-state index contributed by atoms with van der Waals surface area (Å²) < 4.78 is 5.72. The molecule has 1 heterocycles. The lowest BCUT2D eigenvalue weighted by molar-refractivity contribution is -0.121. The summed E-state index contributed by atoms with van der Waals surface area (Å²) in [6.07, 6.45) is 2.11. The SMILES string of the molecule is COCCNC(=O)CCNc1ncccc1Br.